The second-order valence-corrected chi connectivity index (χ2v) is 2.89. The van der Waals surface area contributed by atoms with Crippen LogP contribution in [0.2, 0.25) is 0 Å². The minimum atomic E-state index is 0.203. The molecule has 0 saturated carbocycles. The van der Waals surface area contributed by atoms with Crippen molar-refractivity contribution in [3.05, 3.63) is 29.3 Å². The van der Waals surface area contributed by atoms with Gasteiger partial charge in [-0.3, -0.25) is 0 Å². The molecule has 0 fully saturated rings. The first kappa shape index (κ1) is 9.07. The van der Waals surface area contributed by atoms with E-state index in [1.54, 1.807) is 6.07 Å². The Morgan fingerprint density at radius 1 is 1.33 bits per heavy atom. The van der Waals surface area contributed by atoms with E-state index < -0.39 is 0 Å². The minimum absolute atomic E-state index is 0.203. The monoisotopic (exact) mass is 166 g/mol. The smallest absolute Gasteiger partial charge is 0.118 e. The second kappa shape index (κ2) is 4.12. The zero-order valence-electron chi connectivity index (χ0n) is 7.25. The van der Waals surface area contributed by atoms with Gasteiger partial charge in [0.2, 0.25) is 0 Å². The van der Waals surface area contributed by atoms with Crippen molar-refractivity contribution in [1.82, 2.24) is 0 Å². The van der Waals surface area contributed by atoms with Crippen LogP contribution in [0.4, 0.5) is 0 Å². The summed E-state index contributed by atoms with van der Waals surface area (Å²) in [6, 6.07) is 5.48. The standard InChI is InChI=1S/C10H14O2/c1-8-9(5-3-7-11)4-2-6-10(8)12/h2,4,6,11-12H,3,5,7H2,1H3. The van der Waals surface area contributed by atoms with Gasteiger partial charge in [0.05, 0.1) is 0 Å². The van der Waals surface area contributed by atoms with Gasteiger partial charge in [0.15, 0.2) is 0 Å². The number of hydrogen-bond donors (Lipinski definition) is 2. The lowest BCUT2D eigenvalue weighted by Crippen LogP contribution is -1.92. The van der Waals surface area contributed by atoms with Crippen LogP contribution in [0.15, 0.2) is 18.2 Å². The van der Waals surface area contributed by atoms with Gasteiger partial charge in [-0.1, -0.05) is 12.1 Å². The summed E-state index contributed by atoms with van der Waals surface area (Å²) in [6.07, 6.45) is 1.58. The summed E-state index contributed by atoms with van der Waals surface area (Å²) in [5, 5.41) is 18.0. The summed E-state index contributed by atoms with van der Waals surface area (Å²) in [4.78, 5) is 0. The number of aliphatic hydroxyl groups is 1. The van der Waals surface area contributed by atoms with Gasteiger partial charge in [0.25, 0.3) is 0 Å². The van der Waals surface area contributed by atoms with Gasteiger partial charge >= 0.3 is 0 Å². The Kier molecular flexibility index (Phi) is 3.11. The first-order valence-electron chi connectivity index (χ1n) is 4.14. The number of phenols is 1. The van der Waals surface area contributed by atoms with Crippen molar-refractivity contribution in [2.24, 2.45) is 0 Å². The van der Waals surface area contributed by atoms with E-state index in [0.717, 1.165) is 24.0 Å². The summed E-state index contributed by atoms with van der Waals surface area (Å²) in [5.74, 6) is 0.338. The zero-order chi connectivity index (χ0) is 8.97. The average Bonchev–Trinajstić information content (AvgIpc) is 2.08. The molecule has 0 aliphatic rings. The van der Waals surface area contributed by atoms with E-state index in [2.05, 4.69) is 0 Å². The molecular weight excluding hydrogens is 152 g/mol. The van der Waals surface area contributed by atoms with E-state index >= 15 is 0 Å². The summed E-state index contributed by atoms with van der Waals surface area (Å²) in [5.41, 5.74) is 2.04. The van der Waals surface area contributed by atoms with Gasteiger partial charge in [-0.05, 0) is 37.0 Å². The van der Waals surface area contributed by atoms with E-state index in [9.17, 15) is 5.11 Å². The number of aliphatic hydroxyl groups excluding tert-OH is 1. The Hall–Kier alpha value is -1.02. The topological polar surface area (TPSA) is 40.5 Å². The highest BCUT2D eigenvalue weighted by molar-refractivity contribution is 5.37. The van der Waals surface area contributed by atoms with Crippen LogP contribution in [0.1, 0.15) is 17.5 Å². The van der Waals surface area contributed by atoms with E-state index in [-0.39, 0.29) is 6.61 Å². The number of aryl methyl sites for hydroxylation is 1. The van der Waals surface area contributed by atoms with Gasteiger partial charge in [-0.25, -0.2) is 0 Å². The first-order valence-corrected chi connectivity index (χ1v) is 4.14. The largest absolute Gasteiger partial charge is 0.508 e. The first-order chi connectivity index (χ1) is 5.75. The molecular formula is C10H14O2. The van der Waals surface area contributed by atoms with Crippen LogP contribution in [0, 0.1) is 6.92 Å². The molecule has 0 heterocycles. The lowest BCUT2D eigenvalue weighted by atomic mass is 10.0. The molecule has 66 valence electrons. The van der Waals surface area contributed by atoms with Crippen LogP contribution in [0.3, 0.4) is 0 Å². The highest BCUT2D eigenvalue weighted by Crippen LogP contribution is 2.20. The third-order valence-electron chi connectivity index (χ3n) is 2.02. The molecule has 0 bridgehead atoms. The lowest BCUT2D eigenvalue weighted by Gasteiger charge is -2.05. The van der Waals surface area contributed by atoms with Crippen LogP contribution in [-0.4, -0.2) is 16.8 Å². The summed E-state index contributed by atoms with van der Waals surface area (Å²) >= 11 is 0. The maximum atomic E-state index is 9.34. The number of hydrogen-bond acceptors (Lipinski definition) is 2. The van der Waals surface area contributed by atoms with Gasteiger partial charge < -0.3 is 10.2 Å². The maximum absolute atomic E-state index is 9.34. The van der Waals surface area contributed by atoms with Crippen molar-refractivity contribution < 1.29 is 10.2 Å². The molecule has 0 radical (unpaired) electrons. The molecule has 1 aromatic carbocycles. The van der Waals surface area contributed by atoms with Crippen LogP contribution in [0.5, 0.6) is 5.75 Å². The molecule has 0 atom stereocenters. The van der Waals surface area contributed by atoms with Crippen LogP contribution in [-0.2, 0) is 6.42 Å². The highest BCUT2D eigenvalue weighted by Gasteiger charge is 2.00. The van der Waals surface area contributed by atoms with E-state index in [4.69, 9.17) is 5.11 Å². The summed E-state index contributed by atoms with van der Waals surface area (Å²) in [7, 11) is 0. The Morgan fingerprint density at radius 2 is 2.08 bits per heavy atom. The van der Waals surface area contributed by atoms with Crippen molar-refractivity contribution in [2.45, 2.75) is 19.8 Å². The molecule has 1 rings (SSSR count). The van der Waals surface area contributed by atoms with Crippen LogP contribution < -0.4 is 0 Å². The predicted molar refractivity (Wildman–Crippen MR) is 48.3 cm³/mol. The molecule has 0 spiro atoms. The Labute approximate surface area is 72.5 Å². The number of benzene rings is 1. The fraction of sp³-hybridized carbons (Fsp3) is 0.400. The molecule has 2 heteroatoms. The van der Waals surface area contributed by atoms with E-state index in [0.29, 0.717) is 5.75 Å². The Bertz CT molecular complexity index is 256. The molecule has 2 nitrogen and oxygen atoms in total. The molecule has 0 aromatic heterocycles. The lowest BCUT2D eigenvalue weighted by molar-refractivity contribution is 0.288. The molecule has 0 aliphatic heterocycles. The van der Waals surface area contributed by atoms with Crippen molar-refractivity contribution in [3.63, 3.8) is 0 Å². The zero-order valence-corrected chi connectivity index (χ0v) is 7.25. The molecule has 2 N–H and O–H groups in total. The van der Waals surface area contributed by atoms with Gasteiger partial charge in [-0.15, -0.1) is 0 Å². The van der Waals surface area contributed by atoms with Gasteiger partial charge in [0, 0.05) is 6.61 Å². The van der Waals surface area contributed by atoms with E-state index in [1.807, 2.05) is 19.1 Å². The fourth-order valence-electron chi connectivity index (χ4n) is 1.21. The number of phenolic OH excluding ortho intramolecular Hbond substituents is 1. The maximum Gasteiger partial charge on any atom is 0.118 e. The molecule has 0 saturated heterocycles. The number of aromatic hydroxyl groups is 1. The normalized spacial score (nSPS) is 10.2. The number of rotatable bonds is 3. The third-order valence-corrected chi connectivity index (χ3v) is 2.02. The van der Waals surface area contributed by atoms with Crippen LogP contribution in [0.25, 0.3) is 0 Å². The minimum Gasteiger partial charge on any atom is -0.508 e. The molecule has 1 aromatic rings. The van der Waals surface area contributed by atoms with Crippen molar-refractivity contribution >= 4 is 0 Å². The predicted octanol–water partition coefficient (Wildman–Crippen LogP) is 1.63. The third kappa shape index (κ3) is 1.98. The Balaban J connectivity index is 2.78. The van der Waals surface area contributed by atoms with Crippen molar-refractivity contribution in [2.75, 3.05) is 6.61 Å². The van der Waals surface area contributed by atoms with Crippen LogP contribution >= 0.6 is 0 Å². The second-order valence-electron chi connectivity index (χ2n) is 2.89. The molecule has 12 heavy (non-hydrogen) atoms. The van der Waals surface area contributed by atoms with Crippen molar-refractivity contribution in [1.29, 1.82) is 0 Å². The Morgan fingerprint density at radius 3 is 2.75 bits per heavy atom. The quantitative estimate of drug-likeness (QED) is 0.716. The van der Waals surface area contributed by atoms with Gasteiger partial charge in [0.1, 0.15) is 5.75 Å². The highest BCUT2D eigenvalue weighted by atomic mass is 16.3. The van der Waals surface area contributed by atoms with E-state index in [1.165, 1.54) is 0 Å². The molecule has 0 aliphatic carbocycles. The summed E-state index contributed by atoms with van der Waals surface area (Å²) in [6.45, 7) is 2.09. The molecule has 0 amide bonds. The summed E-state index contributed by atoms with van der Waals surface area (Å²) < 4.78 is 0. The fourth-order valence-corrected chi connectivity index (χ4v) is 1.21. The SMILES string of the molecule is Cc1c(O)cccc1CCCO. The molecule has 0 unspecified atom stereocenters. The average molecular weight is 166 g/mol. The van der Waals surface area contributed by atoms with Gasteiger partial charge in [-0.2, -0.15) is 0 Å². The van der Waals surface area contributed by atoms with Crippen molar-refractivity contribution in [3.8, 4) is 5.75 Å².